The summed E-state index contributed by atoms with van der Waals surface area (Å²) in [6.07, 6.45) is 2.83. The average Bonchev–Trinajstić information content (AvgIpc) is 3.09. The van der Waals surface area contributed by atoms with Crippen molar-refractivity contribution in [3.8, 4) is 0 Å². The fraction of sp³-hybridized carbons (Fsp3) is 0.545. The molecule has 1 aliphatic carbocycles. The highest BCUT2D eigenvalue weighted by molar-refractivity contribution is 6.24. The van der Waals surface area contributed by atoms with E-state index in [9.17, 15) is 29.3 Å². The number of ether oxygens (including phenoxy) is 1. The quantitative estimate of drug-likeness (QED) is 0.295. The smallest absolute Gasteiger partial charge is 0.326 e. The van der Waals surface area contributed by atoms with Crippen LogP contribution >= 0.6 is 0 Å². The van der Waals surface area contributed by atoms with Gasteiger partial charge in [-0.25, -0.2) is 0 Å². The fourth-order valence-electron chi connectivity index (χ4n) is 5.76. The van der Waals surface area contributed by atoms with E-state index in [2.05, 4.69) is 20.8 Å². The van der Waals surface area contributed by atoms with Crippen LogP contribution in [0.4, 0.5) is 5.69 Å². The van der Waals surface area contributed by atoms with Crippen LogP contribution in [0.5, 0.6) is 0 Å². The van der Waals surface area contributed by atoms with Gasteiger partial charge in [-0.15, -0.1) is 0 Å². The molecule has 2 bridgehead atoms. The van der Waals surface area contributed by atoms with E-state index in [0.717, 1.165) is 25.3 Å². The van der Waals surface area contributed by atoms with Crippen LogP contribution in [-0.2, 0) is 14.3 Å². The molecular formula is C22H25N3O7. The Morgan fingerprint density at radius 2 is 1.91 bits per heavy atom. The van der Waals surface area contributed by atoms with Gasteiger partial charge in [0.1, 0.15) is 12.1 Å². The van der Waals surface area contributed by atoms with Gasteiger partial charge in [0, 0.05) is 18.7 Å². The predicted octanol–water partition coefficient (Wildman–Crippen LogP) is 2.16. The Kier molecular flexibility index (Phi) is 5.06. The summed E-state index contributed by atoms with van der Waals surface area (Å²) in [5.74, 6) is -2.96. The second-order valence-corrected chi connectivity index (χ2v) is 10.0. The highest BCUT2D eigenvalue weighted by Gasteiger charge is 2.51. The number of hydrogen-bond acceptors (Lipinski definition) is 7. The van der Waals surface area contributed by atoms with Crippen LogP contribution in [0, 0.1) is 20.9 Å². The molecule has 0 unspecified atom stereocenters. The van der Waals surface area contributed by atoms with Gasteiger partial charge in [0.15, 0.2) is 6.61 Å². The van der Waals surface area contributed by atoms with Crippen molar-refractivity contribution in [1.82, 2.24) is 9.80 Å². The summed E-state index contributed by atoms with van der Waals surface area (Å²) in [5.41, 5.74) is -0.790. The van der Waals surface area contributed by atoms with Crippen LogP contribution in [0.1, 0.15) is 60.7 Å². The van der Waals surface area contributed by atoms with Gasteiger partial charge in [0.25, 0.3) is 23.4 Å². The van der Waals surface area contributed by atoms with Crippen LogP contribution in [0.2, 0.25) is 0 Å². The third-order valence-corrected chi connectivity index (χ3v) is 6.55. The van der Waals surface area contributed by atoms with Gasteiger partial charge in [-0.3, -0.25) is 34.2 Å². The molecule has 1 saturated carbocycles. The van der Waals surface area contributed by atoms with Gasteiger partial charge in [-0.2, -0.15) is 0 Å². The molecule has 2 heterocycles. The second kappa shape index (κ2) is 7.39. The number of amides is 3. The first-order valence-corrected chi connectivity index (χ1v) is 10.5. The molecule has 10 nitrogen and oxygen atoms in total. The number of nitro groups is 1. The van der Waals surface area contributed by atoms with Crippen molar-refractivity contribution in [1.29, 1.82) is 0 Å². The third kappa shape index (κ3) is 3.74. The highest BCUT2D eigenvalue weighted by Crippen LogP contribution is 2.52. The molecule has 2 aliphatic heterocycles. The Morgan fingerprint density at radius 3 is 2.59 bits per heavy atom. The zero-order valence-electron chi connectivity index (χ0n) is 18.3. The summed E-state index contributed by atoms with van der Waals surface area (Å²) >= 11 is 0. The maximum atomic E-state index is 12.7. The summed E-state index contributed by atoms with van der Waals surface area (Å²) in [6, 6.07) is 3.83. The zero-order chi connectivity index (χ0) is 23.4. The van der Waals surface area contributed by atoms with Gasteiger partial charge in [0.05, 0.1) is 10.5 Å². The minimum absolute atomic E-state index is 0.0426. The minimum Gasteiger partial charge on any atom is -0.454 e. The standard InChI is InChI=1S/C22H25N3O7/c1-21(2)7-13-8-22(3,11-21)12-24(13)16(26)10-32-17(27)9-23-19(28)14-5-4-6-15(25(30)31)18(14)20(23)29/h4-6,13H,7-12H2,1-3H3/t13-,22+/m0/s1. The van der Waals surface area contributed by atoms with Crippen LogP contribution in [-0.4, -0.2) is 64.2 Å². The topological polar surface area (TPSA) is 127 Å². The summed E-state index contributed by atoms with van der Waals surface area (Å²) in [4.78, 5) is 62.9. The molecule has 170 valence electrons. The predicted molar refractivity (Wildman–Crippen MR) is 111 cm³/mol. The molecule has 2 atom stereocenters. The number of hydrogen-bond donors (Lipinski definition) is 0. The lowest BCUT2D eigenvalue weighted by atomic mass is 9.65. The highest BCUT2D eigenvalue weighted by atomic mass is 16.6. The Morgan fingerprint density at radius 1 is 1.19 bits per heavy atom. The number of nitrogens with zero attached hydrogens (tertiary/aromatic N) is 3. The lowest BCUT2D eigenvalue weighted by molar-refractivity contribution is -0.385. The van der Waals surface area contributed by atoms with E-state index in [-0.39, 0.29) is 33.9 Å². The second-order valence-electron chi connectivity index (χ2n) is 10.0. The van der Waals surface area contributed by atoms with Crippen LogP contribution in [0.25, 0.3) is 0 Å². The molecule has 3 amide bonds. The Balaban J connectivity index is 1.37. The molecule has 10 heteroatoms. The molecule has 0 radical (unpaired) electrons. The van der Waals surface area contributed by atoms with Gasteiger partial charge < -0.3 is 9.64 Å². The van der Waals surface area contributed by atoms with E-state index in [1.54, 1.807) is 4.90 Å². The molecule has 0 spiro atoms. The van der Waals surface area contributed by atoms with E-state index >= 15 is 0 Å². The van der Waals surface area contributed by atoms with Gasteiger partial charge in [0.2, 0.25) is 0 Å². The Bertz CT molecular complexity index is 1050. The molecule has 1 aromatic rings. The molecule has 4 rings (SSSR count). The molecule has 0 aromatic heterocycles. The summed E-state index contributed by atoms with van der Waals surface area (Å²) in [6.45, 7) is 5.97. The molecule has 1 aromatic carbocycles. The number of benzene rings is 1. The van der Waals surface area contributed by atoms with Crippen LogP contribution in [0.3, 0.4) is 0 Å². The minimum atomic E-state index is -0.927. The largest absolute Gasteiger partial charge is 0.454 e. The Hall–Kier alpha value is -3.30. The molecule has 3 aliphatic rings. The van der Waals surface area contributed by atoms with Crippen molar-refractivity contribution in [3.05, 3.63) is 39.4 Å². The maximum Gasteiger partial charge on any atom is 0.326 e. The number of likely N-dealkylation sites (tertiary alicyclic amines) is 1. The molecule has 2 fully saturated rings. The van der Waals surface area contributed by atoms with Crippen LogP contribution in [0.15, 0.2) is 18.2 Å². The molecule has 0 N–H and O–H groups in total. The van der Waals surface area contributed by atoms with E-state index in [4.69, 9.17) is 4.74 Å². The maximum absolute atomic E-state index is 12.7. The lowest BCUT2D eigenvalue weighted by Crippen LogP contribution is -2.41. The van der Waals surface area contributed by atoms with E-state index in [1.807, 2.05) is 0 Å². The van der Waals surface area contributed by atoms with Crippen molar-refractivity contribution in [3.63, 3.8) is 0 Å². The van der Waals surface area contributed by atoms with Crippen molar-refractivity contribution >= 4 is 29.4 Å². The first-order chi connectivity index (χ1) is 14.9. The zero-order valence-corrected chi connectivity index (χ0v) is 18.3. The molecule has 1 saturated heterocycles. The van der Waals surface area contributed by atoms with E-state index in [0.29, 0.717) is 11.4 Å². The lowest BCUT2D eigenvalue weighted by Gasteiger charge is -2.39. The summed E-state index contributed by atoms with van der Waals surface area (Å²) in [7, 11) is 0. The van der Waals surface area contributed by atoms with Gasteiger partial charge in [-0.1, -0.05) is 26.8 Å². The third-order valence-electron chi connectivity index (χ3n) is 6.55. The SMILES string of the molecule is CC1(C)C[C@H]2C[C@@](C)(CN2C(=O)COC(=O)CN2C(=O)c3cccc([N+](=O)[O-])c3C2=O)C1. The van der Waals surface area contributed by atoms with Crippen molar-refractivity contribution in [2.24, 2.45) is 10.8 Å². The summed E-state index contributed by atoms with van der Waals surface area (Å²) < 4.78 is 5.07. The first-order valence-electron chi connectivity index (χ1n) is 10.5. The van der Waals surface area contributed by atoms with Crippen molar-refractivity contribution < 1.29 is 28.8 Å². The Labute approximate surface area is 184 Å². The van der Waals surface area contributed by atoms with Gasteiger partial charge >= 0.3 is 5.97 Å². The normalized spacial score (nSPS) is 25.7. The van der Waals surface area contributed by atoms with Crippen molar-refractivity contribution in [2.75, 3.05) is 19.7 Å². The number of carbonyl (C=O) groups is 4. The average molecular weight is 443 g/mol. The van der Waals surface area contributed by atoms with Gasteiger partial charge in [-0.05, 0) is 36.2 Å². The van der Waals surface area contributed by atoms with E-state index < -0.39 is 41.5 Å². The number of nitro benzene ring substituents is 1. The summed E-state index contributed by atoms with van der Waals surface area (Å²) in [5, 5.41) is 11.2. The number of rotatable bonds is 5. The first kappa shape index (κ1) is 21.9. The molecular weight excluding hydrogens is 418 g/mol. The number of esters is 1. The fourth-order valence-corrected chi connectivity index (χ4v) is 5.76. The number of carbonyl (C=O) groups excluding carboxylic acids is 4. The number of imide groups is 1. The molecule has 32 heavy (non-hydrogen) atoms. The number of fused-ring (bicyclic) bond motifs is 3. The van der Waals surface area contributed by atoms with E-state index in [1.165, 1.54) is 12.1 Å². The van der Waals surface area contributed by atoms with Crippen LogP contribution < -0.4 is 0 Å². The van der Waals surface area contributed by atoms with Crippen molar-refractivity contribution in [2.45, 2.75) is 46.1 Å². The monoisotopic (exact) mass is 443 g/mol.